The number of hydrogen-bond donors (Lipinski definition) is 1. The van der Waals surface area contributed by atoms with Gasteiger partial charge in [0.15, 0.2) is 0 Å². The standard InChI is InChI=1S/C14H26N2O/c1-14(2,3)13(17)16-9-5-6-11(10-16)12-7-4-8-15-12/h11-12,15H,4-10H2,1-3H3. The average molecular weight is 238 g/mol. The molecule has 2 heterocycles. The van der Waals surface area contributed by atoms with Crippen LogP contribution in [0, 0.1) is 11.3 Å². The van der Waals surface area contributed by atoms with Crippen molar-refractivity contribution in [1.82, 2.24) is 10.2 Å². The van der Waals surface area contributed by atoms with Gasteiger partial charge < -0.3 is 10.2 Å². The van der Waals surface area contributed by atoms with E-state index >= 15 is 0 Å². The summed E-state index contributed by atoms with van der Waals surface area (Å²) in [7, 11) is 0. The van der Waals surface area contributed by atoms with Crippen molar-refractivity contribution in [2.45, 2.75) is 52.5 Å². The van der Waals surface area contributed by atoms with E-state index < -0.39 is 0 Å². The summed E-state index contributed by atoms with van der Waals surface area (Å²) in [6.07, 6.45) is 5.05. The second kappa shape index (κ2) is 4.97. The Labute approximate surface area is 105 Å². The zero-order chi connectivity index (χ0) is 12.5. The minimum Gasteiger partial charge on any atom is -0.342 e. The monoisotopic (exact) mass is 238 g/mol. The lowest BCUT2D eigenvalue weighted by atomic mass is 9.87. The van der Waals surface area contributed by atoms with E-state index in [-0.39, 0.29) is 5.41 Å². The molecule has 2 saturated heterocycles. The number of likely N-dealkylation sites (tertiary alicyclic amines) is 1. The van der Waals surface area contributed by atoms with E-state index in [1.54, 1.807) is 0 Å². The van der Waals surface area contributed by atoms with E-state index in [2.05, 4.69) is 10.2 Å². The number of nitrogens with one attached hydrogen (secondary N) is 1. The molecule has 2 unspecified atom stereocenters. The number of carbonyl (C=O) groups is 1. The lowest BCUT2D eigenvalue weighted by molar-refractivity contribution is -0.141. The van der Waals surface area contributed by atoms with Gasteiger partial charge in [-0.15, -0.1) is 0 Å². The molecule has 0 bridgehead atoms. The molecule has 3 heteroatoms. The van der Waals surface area contributed by atoms with Crippen LogP contribution >= 0.6 is 0 Å². The number of amides is 1. The Balaban J connectivity index is 1.94. The molecule has 2 fully saturated rings. The predicted molar refractivity (Wildman–Crippen MR) is 69.8 cm³/mol. The highest BCUT2D eigenvalue weighted by Crippen LogP contribution is 2.27. The van der Waals surface area contributed by atoms with Crippen LogP contribution in [0.1, 0.15) is 46.5 Å². The van der Waals surface area contributed by atoms with Crippen molar-refractivity contribution < 1.29 is 4.79 Å². The first-order valence-electron chi connectivity index (χ1n) is 7.01. The van der Waals surface area contributed by atoms with Crippen LogP contribution in [0.25, 0.3) is 0 Å². The van der Waals surface area contributed by atoms with Crippen LogP contribution in [0.15, 0.2) is 0 Å². The number of hydrogen-bond acceptors (Lipinski definition) is 2. The summed E-state index contributed by atoms with van der Waals surface area (Å²) in [5.74, 6) is 0.998. The third kappa shape index (κ3) is 3.01. The molecule has 0 aromatic heterocycles. The van der Waals surface area contributed by atoms with Crippen LogP contribution in [-0.4, -0.2) is 36.5 Å². The highest BCUT2D eigenvalue weighted by atomic mass is 16.2. The molecule has 17 heavy (non-hydrogen) atoms. The molecule has 2 aliphatic heterocycles. The van der Waals surface area contributed by atoms with E-state index in [1.165, 1.54) is 25.7 Å². The molecule has 0 spiro atoms. The highest BCUT2D eigenvalue weighted by molar-refractivity contribution is 5.81. The van der Waals surface area contributed by atoms with Gasteiger partial charge >= 0.3 is 0 Å². The number of carbonyl (C=O) groups excluding carboxylic acids is 1. The van der Waals surface area contributed by atoms with Crippen LogP contribution in [0.3, 0.4) is 0 Å². The van der Waals surface area contributed by atoms with Gasteiger partial charge in [-0.1, -0.05) is 20.8 Å². The molecule has 1 N–H and O–H groups in total. The fourth-order valence-electron chi connectivity index (χ4n) is 3.11. The SMILES string of the molecule is CC(C)(C)C(=O)N1CCCC(C2CCCN2)C1. The quantitative estimate of drug-likeness (QED) is 0.758. The van der Waals surface area contributed by atoms with E-state index in [0.717, 1.165) is 19.6 Å². The van der Waals surface area contributed by atoms with Crippen LogP contribution < -0.4 is 5.32 Å². The zero-order valence-corrected chi connectivity index (χ0v) is 11.5. The maximum Gasteiger partial charge on any atom is 0.227 e. The summed E-state index contributed by atoms with van der Waals surface area (Å²) in [5.41, 5.74) is -0.231. The van der Waals surface area contributed by atoms with Crippen molar-refractivity contribution in [1.29, 1.82) is 0 Å². The summed E-state index contributed by atoms with van der Waals surface area (Å²) < 4.78 is 0. The molecule has 0 aliphatic carbocycles. The second-order valence-electron chi connectivity index (χ2n) is 6.61. The smallest absolute Gasteiger partial charge is 0.227 e. The summed E-state index contributed by atoms with van der Waals surface area (Å²) in [6, 6.07) is 0.658. The van der Waals surface area contributed by atoms with Gasteiger partial charge in [0, 0.05) is 24.5 Å². The lowest BCUT2D eigenvalue weighted by Crippen LogP contribution is -2.49. The fourth-order valence-corrected chi connectivity index (χ4v) is 3.11. The summed E-state index contributed by atoms with van der Waals surface area (Å²) in [4.78, 5) is 14.4. The van der Waals surface area contributed by atoms with Gasteiger partial charge in [0.1, 0.15) is 0 Å². The van der Waals surface area contributed by atoms with Gasteiger partial charge in [-0.3, -0.25) is 4.79 Å². The molecule has 0 aromatic rings. The molecular weight excluding hydrogens is 212 g/mol. The Morgan fingerprint density at radius 2 is 2.00 bits per heavy atom. The van der Waals surface area contributed by atoms with E-state index in [0.29, 0.717) is 17.9 Å². The summed E-state index contributed by atoms with van der Waals surface area (Å²) >= 11 is 0. The minimum atomic E-state index is -0.231. The van der Waals surface area contributed by atoms with Crippen molar-refractivity contribution in [3.63, 3.8) is 0 Å². The van der Waals surface area contributed by atoms with Gasteiger partial charge in [0.25, 0.3) is 0 Å². The van der Waals surface area contributed by atoms with Gasteiger partial charge in [-0.05, 0) is 38.1 Å². The van der Waals surface area contributed by atoms with Gasteiger partial charge in [0.05, 0.1) is 0 Å². The molecule has 0 radical (unpaired) electrons. The highest BCUT2D eigenvalue weighted by Gasteiger charge is 2.34. The number of nitrogens with zero attached hydrogens (tertiary/aromatic N) is 1. The Kier molecular flexibility index (Phi) is 3.76. The molecule has 2 aliphatic rings. The molecule has 2 rings (SSSR count). The fraction of sp³-hybridized carbons (Fsp3) is 0.929. The van der Waals surface area contributed by atoms with Crippen LogP contribution in [0.5, 0.6) is 0 Å². The van der Waals surface area contributed by atoms with Crippen molar-refractivity contribution >= 4 is 5.91 Å². The normalized spacial score (nSPS) is 30.6. The zero-order valence-electron chi connectivity index (χ0n) is 11.5. The van der Waals surface area contributed by atoms with Crippen molar-refractivity contribution in [2.24, 2.45) is 11.3 Å². The number of rotatable bonds is 1. The molecular formula is C14H26N2O. The first-order valence-corrected chi connectivity index (χ1v) is 7.01. The predicted octanol–water partition coefficient (Wildman–Crippen LogP) is 2.02. The molecule has 0 saturated carbocycles. The third-order valence-corrected chi connectivity index (χ3v) is 4.05. The van der Waals surface area contributed by atoms with Gasteiger partial charge in [-0.25, -0.2) is 0 Å². The Bertz CT molecular complexity index is 276. The van der Waals surface area contributed by atoms with E-state index in [1.807, 2.05) is 20.8 Å². The maximum absolute atomic E-state index is 12.3. The first-order chi connectivity index (χ1) is 7.98. The second-order valence-corrected chi connectivity index (χ2v) is 6.61. The Morgan fingerprint density at radius 1 is 1.24 bits per heavy atom. The topological polar surface area (TPSA) is 32.3 Å². The van der Waals surface area contributed by atoms with Crippen molar-refractivity contribution in [2.75, 3.05) is 19.6 Å². The molecule has 3 nitrogen and oxygen atoms in total. The van der Waals surface area contributed by atoms with E-state index in [4.69, 9.17) is 0 Å². The first kappa shape index (κ1) is 12.9. The summed E-state index contributed by atoms with van der Waals surface area (Å²) in [6.45, 7) is 9.15. The van der Waals surface area contributed by atoms with Crippen LogP contribution in [0.2, 0.25) is 0 Å². The van der Waals surface area contributed by atoms with E-state index in [9.17, 15) is 4.79 Å². The Hall–Kier alpha value is -0.570. The van der Waals surface area contributed by atoms with Crippen LogP contribution in [0.4, 0.5) is 0 Å². The average Bonchev–Trinajstić information content (AvgIpc) is 2.80. The Morgan fingerprint density at radius 3 is 2.59 bits per heavy atom. The molecule has 2 atom stereocenters. The maximum atomic E-state index is 12.3. The molecule has 1 amide bonds. The largest absolute Gasteiger partial charge is 0.342 e. The van der Waals surface area contributed by atoms with Crippen LogP contribution in [-0.2, 0) is 4.79 Å². The van der Waals surface area contributed by atoms with Gasteiger partial charge in [-0.2, -0.15) is 0 Å². The minimum absolute atomic E-state index is 0.231. The van der Waals surface area contributed by atoms with Gasteiger partial charge in [0.2, 0.25) is 5.91 Å². The summed E-state index contributed by atoms with van der Waals surface area (Å²) in [5, 5.41) is 3.59. The lowest BCUT2D eigenvalue weighted by Gasteiger charge is -2.38. The third-order valence-electron chi connectivity index (χ3n) is 4.05. The number of piperidine rings is 1. The van der Waals surface area contributed by atoms with Crippen molar-refractivity contribution in [3.8, 4) is 0 Å². The molecule has 0 aromatic carbocycles. The molecule has 98 valence electrons. The van der Waals surface area contributed by atoms with Crippen molar-refractivity contribution in [3.05, 3.63) is 0 Å².